The van der Waals surface area contributed by atoms with E-state index < -0.39 is 10.0 Å². The predicted octanol–water partition coefficient (Wildman–Crippen LogP) is 4.93. The van der Waals surface area contributed by atoms with Gasteiger partial charge in [-0.3, -0.25) is 4.72 Å². The maximum atomic E-state index is 13.1. The number of rotatable bonds is 8. The molecule has 3 rings (SSSR count). The molecule has 0 amide bonds. The van der Waals surface area contributed by atoms with Gasteiger partial charge in [0.1, 0.15) is 16.4 Å². The number of nitrogens with zero attached hydrogens (tertiary/aromatic N) is 1. The molecule has 1 aromatic carbocycles. The number of hydrogen-bond donors (Lipinski definition) is 1. The predicted molar refractivity (Wildman–Crippen MR) is 114 cm³/mol. The fourth-order valence-corrected chi connectivity index (χ4v) is 5.50. The molecule has 2 heterocycles. The van der Waals surface area contributed by atoms with Crippen molar-refractivity contribution in [2.45, 2.75) is 39.5 Å². The summed E-state index contributed by atoms with van der Waals surface area (Å²) in [5, 5.41) is 3.96. The second kappa shape index (κ2) is 8.46. The van der Waals surface area contributed by atoms with Gasteiger partial charge in [-0.2, -0.15) is 0 Å². The van der Waals surface area contributed by atoms with Crippen LogP contribution in [-0.2, 0) is 10.0 Å². The number of aryl methyl sites for hydroxylation is 2. The maximum Gasteiger partial charge on any atom is 0.263 e. The minimum absolute atomic E-state index is 0.190. The smallest absolute Gasteiger partial charge is 0.263 e. The molecule has 3 aromatic rings. The highest BCUT2D eigenvalue weighted by atomic mass is 32.2. The fourth-order valence-electron chi connectivity index (χ4n) is 2.82. The summed E-state index contributed by atoms with van der Waals surface area (Å²) in [5.74, 6) is 1.59. The number of aromatic nitrogens is 1. The largest absolute Gasteiger partial charge is 0.494 e. The highest BCUT2D eigenvalue weighted by Crippen LogP contribution is 2.38. The van der Waals surface area contributed by atoms with Crippen LogP contribution >= 0.6 is 11.3 Å². The van der Waals surface area contributed by atoms with E-state index in [2.05, 4.69) is 9.88 Å². The molecule has 0 radical (unpaired) electrons. The van der Waals surface area contributed by atoms with Gasteiger partial charge in [0.05, 0.1) is 29.5 Å². The van der Waals surface area contributed by atoms with E-state index in [1.54, 1.807) is 31.2 Å². The Hall–Kier alpha value is -2.52. The van der Waals surface area contributed by atoms with E-state index in [4.69, 9.17) is 14.0 Å². The fraction of sp³-hybridized carbons (Fsp3) is 0.350. The third kappa shape index (κ3) is 4.40. The molecule has 0 fully saturated rings. The van der Waals surface area contributed by atoms with E-state index in [9.17, 15) is 8.42 Å². The Bertz CT molecular complexity index is 1120. The first-order valence-corrected chi connectivity index (χ1v) is 11.5. The molecule has 0 aliphatic rings. The van der Waals surface area contributed by atoms with Gasteiger partial charge in [0.2, 0.25) is 0 Å². The topological polar surface area (TPSA) is 90.7 Å². The molecule has 2 aromatic heterocycles. The Morgan fingerprint density at radius 1 is 1.10 bits per heavy atom. The zero-order valence-electron chi connectivity index (χ0n) is 17.0. The van der Waals surface area contributed by atoms with Gasteiger partial charge in [-0.25, -0.2) is 8.42 Å². The lowest BCUT2D eigenvalue weighted by atomic mass is 10.2. The highest BCUT2D eigenvalue weighted by molar-refractivity contribution is 7.93. The first-order valence-electron chi connectivity index (χ1n) is 9.23. The molecule has 0 aliphatic carbocycles. The quantitative estimate of drug-likeness (QED) is 0.539. The van der Waals surface area contributed by atoms with Crippen LogP contribution in [0, 0.1) is 20.8 Å². The van der Waals surface area contributed by atoms with E-state index in [1.165, 1.54) is 11.3 Å². The van der Waals surface area contributed by atoms with Crippen LogP contribution in [0.3, 0.4) is 0 Å². The first kappa shape index (κ1) is 21.2. The van der Waals surface area contributed by atoms with E-state index >= 15 is 0 Å². The van der Waals surface area contributed by atoms with E-state index in [-0.39, 0.29) is 4.90 Å². The van der Waals surface area contributed by atoms with Gasteiger partial charge >= 0.3 is 0 Å². The molecule has 0 unspecified atom stereocenters. The molecular formula is C20H24N2O5S2. The van der Waals surface area contributed by atoms with Crippen molar-refractivity contribution < 1.29 is 22.4 Å². The van der Waals surface area contributed by atoms with E-state index in [0.29, 0.717) is 45.9 Å². The lowest BCUT2D eigenvalue weighted by Gasteiger charge is -2.14. The number of sulfonamides is 1. The van der Waals surface area contributed by atoms with Gasteiger partial charge in [0.15, 0.2) is 5.76 Å². The Kier molecular flexibility index (Phi) is 6.18. The van der Waals surface area contributed by atoms with Crippen LogP contribution in [0.4, 0.5) is 5.69 Å². The van der Waals surface area contributed by atoms with Crippen LogP contribution in [0.15, 0.2) is 33.7 Å². The van der Waals surface area contributed by atoms with Gasteiger partial charge in [-0.15, -0.1) is 11.3 Å². The van der Waals surface area contributed by atoms with Gasteiger partial charge in [0.25, 0.3) is 10.0 Å². The number of anilines is 1. The Labute approximate surface area is 174 Å². The monoisotopic (exact) mass is 436 g/mol. The summed E-state index contributed by atoms with van der Waals surface area (Å²) in [6.45, 7) is 10.1. The van der Waals surface area contributed by atoms with Crippen LogP contribution < -0.4 is 14.2 Å². The molecule has 0 bridgehead atoms. The molecule has 7 nitrogen and oxygen atoms in total. The average Bonchev–Trinajstić information content (AvgIpc) is 3.21. The zero-order valence-corrected chi connectivity index (χ0v) is 18.7. The second-order valence-electron chi connectivity index (χ2n) is 6.38. The van der Waals surface area contributed by atoms with E-state index in [1.807, 2.05) is 27.7 Å². The summed E-state index contributed by atoms with van der Waals surface area (Å²) < 4.78 is 45.4. The van der Waals surface area contributed by atoms with Crippen LogP contribution in [0.25, 0.3) is 10.6 Å². The normalized spacial score (nSPS) is 11.5. The lowest BCUT2D eigenvalue weighted by Crippen LogP contribution is -2.14. The third-order valence-corrected chi connectivity index (χ3v) is 7.02. The lowest BCUT2D eigenvalue weighted by molar-refractivity contribution is 0.332. The maximum absolute atomic E-state index is 13.1. The summed E-state index contributed by atoms with van der Waals surface area (Å²) in [5.41, 5.74) is 2.01. The summed E-state index contributed by atoms with van der Waals surface area (Å²) in [4.78, 5) is 1.56. The molecule has 0 spiro atoms. The molecule has 9 heteroatoms. The molecular weight excluding hydrogens is 412 g/mol. The van der Waals surface area contributed by atoms with Crippen molar-refractivity contribution in [1.82, 2.24) is 5.16 Å². The van der Waals surface area contributed by atoms with Crippen LogP contribution in [-0.4, -0.2) is 26.8 Å². The van der Waals surface area contributed by atoms with Crippen LogP contribution in [0.2, 0.25) is 0 Å². The van der Waals surface area contributed by atoms with Crippen molar-refractivity contribution in [2.24, 2.45) is 0 Å². The summed E-state index contributed by atoms with van der Waals surface area (Å²) >= 11 is 1.35. The van der Waals surface area contributed by atoms with Gasteiger partial charge in [0, 0.05) is 16.5 Å². The third-order valence-electron chi connectivity index (χ3n) is 4.35. The molecule has 0 saturated heterocycles. The van der Waals surface area contributed by atoms with Crippen molar-refractivity contribution in [2.75, 3.05) is 17.9 Å². The average molecular weight is 437 g/mol. The molecule has 0 aliphatic heterocycles. The Balaban J connectivity index is 1.98. The minimum Gasteiger partial charge on any atom is -0.494 e. The van der Waals surface area contributed by atoms with Crippen molar-refractivity contribution in [1.29, 1.82) is 0 Å². The molecule has 156 valence electrons. The molecule has 1 N–H and O–H groups in total. The van der Waals surface area contributed by atoms with Gasteiger partial charge < -0.3 is 14.0 Å². The summed E-state index contributed by atoms with van der Waals surface area (Å²) in [7, 11) is -3.85. The first-order chi connectivity index (χ1) is 13.8. The number of hydrogen-bond acceptors (Lipinski definition) is 7. The number of benzene rings is 1. The summed E-state index contributed by atoms with van der Waals surface area (Å²) in [6.07, 6.45) is 0. The van der Waals surface area contributed by atoms with E-state index in [0.717, 1.165) is 11.3 Å². The SMILES string of the molecule is CCOc1ccc(OCC)c(NS(=O)(=O)c2cc(-c3onc(C)c3C)sc2C)c1. The van der Waals surface area contributed by atoms with Crippen molar-refractivity contribution in [3.63, 3.8) is 0 Å². The molecule has 0 saturated carbocycles. The highest BCUT2D eigenvalue weighted by Gasteiger charge is 2.24. The second-order valence-corrected chi connectivity index (χ2v) is 9.29. The van der Waals surface area contributed by atoms with Crippen molar-refractivity contribution in [3.05, 3.63) is 40.4 Å². The Morgan fingerprint density at radius 3 is 2.45 bits per heavy atom. The van der Waals surface area contributed by atoms with Crippen LogP contribution in [0.1, 0.15) is 30.0 Å². The standard InChI is InChI=1S/C20H24N2O5S2/c1-6-25-15-8-9-17(26-7-2)16(10-15)22-29(23,24)19-11-18(28-14(19)5)20-12(3)13(4)21-27-20/h8-11,22H,6-7H2,1-5H3. The molecule has 29 heavy (non-hydrogen) atoms. The van der Waals surface area contributed by atoms with Gasteiger partial charge in [-0.05, 0) is 52.8 Å². The zero-order chi connectivity index (χ0) is 21.2. The van der Waals surface area contributed by atoms with Crippen molar-refractivity contribution in [3.8, 4) is 22.1 Å². The van der Waals surface area contributed by atoms with Crippen molar-refractivity contribution >= 4 is 27.0 Å². The van der Waals surface area contributed by atoms with Crippen LogP contribution in [0.5, 0.6) is 11.5 Å². The minimum atomic E-state index is -3.85. The number of thiophene rings is 1. The molecule has 0 atom stereocenters. The summed E-state index contributed by atoms with van der Waals surface area (Å²) in [6, 6.07) is 6.68. The van der Waals surface area contributed by atoms with Gasteiger partial charge in [-0.1, -0.05) is 5.16 Å². The Morgan fingerprint density at radius 2 is 1.83 bits per heavy atom. The number of ether oxygens (including phenoxy) is 2. The number of nitrogens with one attached hydrogen (secondary N) is 1.